The van der Waals surface area contributed by atoms with Gasteiger partial charge in [-0.25, -0.2) is 4.79 Å². The molecule has 24 heavy (non-hydrogen) atoms. The number of hydrogen-bond donors (Lipinski definition) is 1. The minimum absolute atomic E-state index is 0.199. The highest BCUT2D eigenvalue weighted by molar-refractivity contribution is 7.17. The number of fused-ring (bicyclic) bond motifs is 1. The number of esters is 1. The van der Waals surface area contributed by atoms with Crippen molar-refractivity contribution in [1.82, 2.24) is 5.32 Å². The van der Waals surface area contributed by atoms with Crippen molar-refractivity contribution in [3.8, 4) is 11.5 Å². The molecule has 6 nitrogen and oxygen atoms in total. The molecule has 1 amide bonds. The van der Waals surface area contributed by atoms with Gasteiger partial charge >= 0.3 is 5.97 Å². The second-order valence-corrected chi connectivity index (χ2v) is 6.77. The molecule has 0 radical (unpaired) electrons. The fourth-order valence-corrected chi connectivity index (χ4v) is 3.01. The highest BCUT2D eigenvalue weighted by Gasteiger charge is 2.20. The van der Waals surface area contributed by atoms with Gasteiger partial charge in [0.1, 0.15) is 4.88 Å². The minimum Gasteiger partial charge on any atom is -0.454 e. The fraction of sp³-hybridized carbons (Fsp3) is 0.250. The second-order valence-electron chi connectivity index (χ2n) is 5.06. The summed E-state index contributed by atoms with van der Waals surface area (Å²) in [5.74, 6) is 0.374. The highest BCUT2D eigenvalue weighted by atomic mass is 35.5. The van der Waals surface area contributed by atoms with Crippen molar-refractivity contribution in [3.05, 3.63) is 45.1 Å². The zero-order valence-electron chi connectivity index (χ0n) is 12.7. The Bertz CT molecular complexity index is 776. The molecule has 3 rings (SSSR count). The largest absolute Gasteiger partial charge is 0.454 e. The van der Waals surface area contributed by atoms with E-state index in [0.29, 0.717) is 27.3 Å². The summed E-state index contributed by atoms with van der Waals surface area (Å²) in [5, 5.41) is 2.72. The summed E-state index contributed by atoms with van der Waals surface area (Å²) in [5.41, 5.74) is 0.858. The number of carbonyl (C=O) groups is 2. The lowest BCUT2D eigenvalue weighted by Crippen LogP contribution is -2.35. The summed E-state index contributed by atoms with van der Waals surface area (Å²) in [6.45, 7) is 2.01. The lowest BCUT2D eigenvalue weighted by atomic mass is 10.2. The van der Waals surface area contributed by atoms with E-state index in [-0.39, 0.29) is 12.7 Å². The molecule has 1 aromatic heterocycles. The van der Waals surface area contributed by atoms with Crippen molar-refractivity contribution in [2.75, 3.05) is 6.79 Å². The summed E-state index contributed by atoms with van der Waals surface area (Å²) in [4.78, 5) is 24.3. The van der Waals surface area contributed by atoms with Crippen LogP contribution in [0.3, 0.4) is 0 Å². The van der Waals surface area contributed by atoms with Crippen molar-refractivity contribution in [3.63, 3.8) is 0 Å². The molecule has 0 unspecified atom stereocenters. The average molecular weight is 368 g/mol. The molecule has 1 N–H and O–H groups in total. The minimum atomic E-state index is -0.910. The van der Waals surface area contributed by atoms with Gasteiger partial charge in [0.2, 0.25) is 6.79 Å². The molecule has 2 aromatic rings. The van der Waals surface area contributed by atoms with Crippen LogP contribution >= 0.6 is 22.9 Å². The topological polar surface area (TPSA) is 73.9 Å². The van der Waals surface area contributed by atoms with Crippen molar-refractivity contribution in [2.24, 2.45) is 0 Å². The fourth-order valence-electron chi connectivity index (χ4n) is 2.08. The first kappa shape index (κ1) is 16.6. The van der Waals surface area contributed by atoms with Crippen LogP contribution < -0.4 is 14.8 Å². The number of thiophene rings is 1. The predicted molar refractivity (Wildman–Crippen MR) is 88.6 cm³/mol. The molecule has 1 aliphatic heterocycles. The molecule has 8 heteroatoms. The summed E-state index contributed by atoms with van der Waals surface area (Å²) in [6, 6.07) is 8.58. The second kappa shape index (κ2) is 7.11. The van der Waals surface area contributed by atoms with Gasteiger partial charge in [0.15, 0.2) is 17.6 Å². The van der Waals surface area contributed by atoms with Crippen LogP contribution in [0.1, 0.15) is 22.2 Å². The van der Waals surface area contributed by atoms with Crippen LogP contribution in [-0.2, 0) is 16.1 Å². The van der Waals surface area contributed by atoms with E-state index >= 15 is 0 Å². The lowest BCUT2D eigenvalue weighted by Gasteiger charge is -2.13. The summed E-state index contributed by atoms with van der Waals surface area (Å²) in [6.07, 6.45) is -0.910. The van der Waals surface area contributed by atoms with Crippen LogP contribution in [0.15, 0.2) is 30.3 Å². The van der Waals surface area contributed by atoms with Gasteiger partial charge in [-0.2, -0.15) is 0 Å². The summed E-state index contributed by atoms with van der Waals surface area (Å²) < 4.78 is 16.1. The third-order valence-corrected chi connectivity index (χ3v) is 4.54. The van der Waals surface area contributed by atoms with Gasteiger partial charge in [0.05, 0.1) is 4.34 Å². The Balaban J connectivity index is 1.52. The molecule has 0 bridgehead atoms. The van der Waals surface area contributed by atoms with Crippen molar-refractivity contribution >= 4 is 34.8 Å². The van der Waals surface area contributed by atoms with Gasteiger partial charge in [0, 0.05) is 6.54 Å². The SMILES string of the molecule is C[C@@H](OC(=O)c1ccc(Cl)s1)C(=O)NCc1ccc2c(c1)OCO2. The molecule has 1 aliphatic rings. The highest BCUT2D eigenvalue weighted by Crippen LogP contribution is 2.32. The molecular weight excluding hydrogens is 354 g/mol. The van der Waals surface area contributed by atoms with Gasteiger partial charge in [-0.1, -0.05) is 17.7 Å². The van der Waals surface area contributed by atoms with E-state index in [4.69, 9.17) is 25.8 Å². The molecule has 0 saturated heterocycles. The molecule has 0 fully saturated rings. The Morgan fingerprint density at radius 2 is 2.08 bits per heavy atom. The Morgan fingerprint density at radius 3 is 2.83 bits per heavy atom. The first-order chi connectivity index (χ1) is 11.5. The first-order valence-corrected chi connectivity index (χ1v) is 8.35. The van der Waals surface area contributed by atoms with Crippen LogP contribution in [-0.4, -0.2) is 24.8 Å². The summed E-state index contributed by atoms with van der Waals surface area (Å²) in [7, 11) is 0. The average Bonchev–Trinajstić information content (AvgIpc) is 3.20. The van der Waals surface area contributed by atoms with Crippen molar-refractivity contribution in [1.29, 1.82) is 0 Å². The van der Waals surface area contributed by atoms with Gasteiger partial charge in [-0.3, -0.25) is 4.79 Å². The molecular formula is C16H14ClNO5S. The number of halogens is 1. The number of nitrogens with one attached hydrogen (secondary N) is 1. The third kappa shape index (κ3) is 3.80. The molecule has 2 heterocycles. The van der Waals surface area contributed by atoms with Crippen LogP contribution in [0.25, 0.3) is 0 Å². The molecule has 0 aliphatic carbocycles. The van der Waals surface area contributed by atoms with E-state index in [1.54, 1.807) is 24.3 Å². The Kier molecular flexibility index (Phi) is 4.92. The van der Waals surface area contributed by atoms with E-state index in [1.165, 1.54) is 6.92 Å². The zero-order valence-corrected chi connectivity index (χ0v) is 14.3. The molecule has 1 atom stereocenters. The van der Waals surface area contributed by atoms with Crippen molar-refractivity contribution in [2.45, 2.75) is 19.6 Å². The van der Waals surface area contributed by atoms with Crippen LogP contribution in [0.5, 0.6) is 11.5 Å². The Labute approximate surface area is 147 Å². The standard InChI is InChI=1S/C16H14ClNO5S/c1-9(23-16(20)13-4-5-14(17)24-13)15(19)18-7-10-2-3-11-12(6-10)22-8-21-11/h2-6,9H,7-8H2,1H3,(H,18,19)/t9-/m1/s1. The van der Waals surface area contributed by atoms with E-state index in [0.717, 1.165) is 16.9 Å². The Morgan fingerprint density at radius 1 is 1.29 bits per heavy atom. The van der Waals surface area contributed by atoms with Gasteiger partial charge in [-0.05, 0) is 36.8 Å². The van der Waals surface area contributed by atoms with E-state index in [1.807, 2.05) is 6.07 Å². The van der Waals surface area contributed by atoms with Gasteiger partial charge in [-0.15, -0.1) is 11.3 Å². The Hall–Kier alpha value is -2.25. The maximum absolute atomic E-state index is 12.1. The smallest absolute Gasteiger partial charge is 0.349 e. The molecule has 0 saturated carbocycles. The number of ether oxygens (including phenoxy) is 3. The number of benzene rings is 1. The van der Waals surface area contributed by atoms with Crippen LogP contribution in [0.2, 0.25) is 4.34 Å². The van der Waals surface area contributed by atoms with Crippen molar-refractivity contribution < 1.29 is 23.8 Å². The normalized spacial score (nSPS) is 13.4. The lowest BCUT2D eigenvalue weighted by molar-refractivity contribution is -0.129. The maximum Gasteiger partial charge on any atom is 0.349 e. The van der Waals surface area contributed by atoms with Crippen LogP contribution in [0, 0.1) is 0 Å². The van der Waals surface area contributed by atoms with E-state index in [9.17, 15) is 9.59 Å². The first-order valence-electron chi connectivity index (χ1n) is 7.15. The van der Waals surface area contributed by atoms with Crippen LogP contribution in [0.4, 0.5) is 0 Å². The van der Waals surface area contributed by atoms with E-state index < -0.39 is 12.1 Å². The summed E-state index contributed by atoms with van der Waals surface area (Å²) >= 11 is 6.88. The van der Waals surface area contributed by atoms with Gasteiger partial charge < -0.3 is 19.5 Å². The van der Waals surface area contributed by atoms with Gasteiger partial charge in [0.25, 0.3) is 5.91 Å². The molecule has 0 spiro atoms. The maximum atomic E-state index is 12.1. The number of carbonyl (C=O) groups excluding carboxylic acids is 2. The van der Waals surface area contributed by atoms with E-state index in [2.05, 4.69) is 5.32 Å². The number of hydrogen-bond acceptors (Lipinski definition) is 6. The monoisotopic (exact) mass is 367 g/mol. The predicted octanol–water partition coefficient (Wildman–Crippen LogP) is 2.99. The third-order valence-electron chi connectivity index (χ3n) is 3.33. The molecule has 126 valence electrons. The quantitative estimate of drug-likeness (QED) is 0.822. The molecule has 1 aromatic carbocycles. The zero-order chi connectivity index (χ0) is 17.1. The number of rotatable bonds is 5. The number of amides is 1.